The first-order chi connectivity index (χ1) is 10.1. The molecule has 3 aromatic carbocycles. The third-order valence-corrected chi connectivity index (χ3v) is 4.55. The fourth-order valence-corrected chi connectivity index (χ4v) is 3.83. The van der Waals surface area contributed by atoms with E-state index < -0.39 is 0 Å². The monoisotopic (exact) mass is 290 g/mol. The summed E-state index contributed by atoms with van der Waals surface area (Å²) in [5.41, 5.74) is 3.03. The zero-order valence-electron chi connectivity index (χ0n) is 14.7. The highest BCUT2D eigenvalue weighted by Crippen LogP contribution is 2.39. The van der Waals surface area contributed by atoms with Crippen molar-refractivity contribution in [1.29, 1.82) is 0 Å². The van der Waals surface area contributed by atoms with E-state index in [1.54, 1.807) is 0 Å². The summed E-state index contributed by atoms with van der Waals surface area (Å²) in [5.74, 6) is 0. The van der Waals surface area contributed by atoms with Gasteiger partial charge in [-0.3, -0.25) is 0 Å². The van der Waals surface area contributed by atoms with Crippen LogP contribution in [0.15, 0.2) is 36.4 Å². The molecule has 0 nitrogen and oxygen atoms in total. The van der Waals surface area contributed by atoms with Crippen molar-refractivity contribution in [2.24, 2.45) is 0 Å². The van der Waals surface area contributed by atoms with E-state index >= 15 is 0 Å². The first-order valence-electron chi connectivity index (χ1n) is 8.09. The van der Waals surface area contributed by atoms with Gasteiger partial charge in [0.1, 0.15) is 0 Å². The molecule has 0 radical (unpaired) electrons. The van der Waals surface area contributed by atoms with E-state index in [0.717, 1.165) is 0 Å². The Morgan fingerprint density at radius 3 is 1.68 bits per heavy atom. The van der Waals surface area contributed by atoms with Gasteiger partial charge in [-0.05, 0) is 48.7 Å². The van der Waals surface area contributed by atoms with Crippen LogP contribution >= 0.6 is 0 Å². The molecule has 0 spiro atoms. The molecular weight excluding hydrogens is 264 g/mol. The number of hydrogen-bond donors (Lipinski definition) is 0. The van der Waals surface area contributed by atoms with Gasteiger partial charge in [0.05, 0.1) is 0 Å². The van der Waals surface area contributed by atoms with Crippen LogP contribution < -0.4 is 5.22 Å². The van der Waals surface area contributed by atoms with Crippen LogP contribution in [-0.4, -0.2) is 0 Å². The van der Waals surface area contributed by atoms with E-state index in [9.17, 15) is 0 Å². The van der Waals surface area contributed by atoms with E-state index in [0.29, 0.717) is 0 Å². The number of rotatable bonds is 0. The molecular formula is C22H26. The molecule has 0 N–H and O–H groups in total. The maximum absolute atomic E-state index is 4.49. The number of hydrogen-bond acceptors (Lipinski definition) is 0. The maximum atomic E-state index is 4.49. The van der Waals surface area contributed by atoms with Gasteiger partial charge in [-0.1, -0.05) is 84.5 Å². The summed E-state index contributed by atoms with van der Waals surface area (Å²) < 4.78 is 0. The van der Waals surface area contributed by atoms with Crippen molar-refractivity contribution in [2.75, 3.05) is 0 Å². The van der Waals surface area contributed by atoms with Gasteiger partial charge in [-0.2, -0.15) is 0 Å². The molecule has 0 heterocycles. The summed E-state index contributed by atoms with van der Waals surface area (Å²) in [4.78, 5) is 0. The van der Waals surface area contributed by atoms with Crippen molar-refractivity contribution in [2.45, 2.75) is 52.4 Å². The Kier molecular flexibility index (Phi) is 3.15. The van der Waals surface area contributed by atoms with Gasteiger partial charge in [0.15, 0.2) is 0 Å². The third-order valence-electron chi connectivity index (χ3n) is 4.55. The highest BCUT2D eigenvalue weighted by molar-refractivity contribution is 6.12. The van der Waals surface area contributed by atoms with E-state index in [4.69, 9.17) is 0 Å². The van der Waals surface area contributed by atoms with Gasteiger partial charge in [0, 0.05) is 0 Å². The van der Waals surface area contributed by atoms with Crippen molar-refractivity contribution >= 4 is 28.1 Å². The van der Waals surface area contributed by atoms with Crippen molar-refractivity contribution in [3.05, 3.63) is 52.7 Å². The van der Waals surface area contributed by atoms with Gasteiger partial charge in [0.25, 0.3) is 0 Å². The molecule has 0 saturated carbocycles. The molecule has 0 amide bonds. The summed E-state index contributed by atoms with van der Waals surface area (Å²) in [6.45, 7) is 18.3. The average Bonchev–Trinajstić information content (AvgIpc) is 2.39. The standard InChI is InChI=1S/C22H26/c1-14-16-12-8-10-15-11-9-13-17(18(15)16)20(22(5,6)7)19(14)21(2,3)4/h8-13H,1H2,2-7H3. The SMILES string of the molecule is C=c1c(C(C)(C)C)c(C(C)(C)C)c2cccc3cccc1c32. The minimum absolute atomic E-state index is 0.0788. The molecule has 0 aliphatic heterocycles. The second-order valence-corrected chi connectivity index (χ2v) is 8.44. The van der Waals surface area contributed by atoms with Crippen LogP contribution in [0.2, 0.25) is 0 Å². The molecule has 0 aliphatic rings. The van der Waals surface area contributed by atoms with Gasteiger partial charge in [-0.25, -0.2) is 0 Å². The molecule has 114 valence electrons. The van der Waals surface area contributed by atoms with Gasteiger partial charge >= 0.3 is 0 Å². The van der Waals surface area contributed by atoms with Crippen LogP contribution in [0.3, 0.4) is 0 Å². The van der Waals surface area contributed by atoms with Gasteiger partial charge < -0.3 is 0 Å². The van der Waals surface area contributed by atoms with Crippen molar-refractivity contribution in [1.82, 2.24) is 0 Å². The Balaban J connectivity index is 2.71. The first kappa shape index (κ1) is 15.1. The molecule has 0 bridgehead atoms. The fraction of sp³-hybridized carbons (Fsp3) is 0.364. The second-order valence-electron chi connectivity index (χ2n) is 8.44. The van der Waals surface area contributed by atoms with Crippen molar-refractivity contribution < 1.29 is 0 Å². The highest BCUT2D eigenvalue weighted by Gasteiger charge is 2.29. The van der Waals surface area contributed by atoms with Crippen LogP contribution in [-0.2, 0) is 10.8 Å². The molecule has 3 rings (SSSR count). The molecule has 0 aromatic heterocycles. The normalized spacial score (nSPS) is 13.2. The van der Waals surface area contributed by atoms with Gasteiger partial charge in [0.2, 0.25) is 0 Å². The van der Waals surface area contributed by atoms with E-state index in [1.165, 1.54) is 37.9 Å². The van der Waals surface area contributed by atoms with Crippen molar-refractivity contribution in [3.8, 4) is 0 Å². The van der Waals surface area contributed by atoms with Crippen molar-refractivity contribution in [3.63, 3.8) is 0 Å². The van der Waals surface area contributed by atoms with Gasteiger partial charge in [-0.15, -0.1) is 0 Å². The van der Waals surface area contributed by atoms with Crippen LogP contribution in [0.1, 0.15) is 52.7 Å². The molecule has 0 saturated heterocycles. The molecule has 0 fully saturated rings. The average molecular weight is 290 g/mol. The first-order valence-corrected chi connectivity index (χ1v) is 8.09. The smallest absolute Gasteiger partial charge is 0.00299 e. The predicted molar refractivity (Wildman–Crippen MR) is 99.6 cm³/mol. The second kappa shape index (κ2) is 4.59. The summed E-state index contributed by atoms with van der Waals surface area (Å²) in [5, 5.41) is 6.56. The molecule has 3 aromatic rings. The number of benzene rings is 3. The minimum atomic E-state index is 0.0788. The van der Waals surface area contributed by atoms with E-state index in [2.05, 4.69) is 84.5 Å². The lowest BCUT2D eigenvalue weighted by atomic mass is 9.71. The molecule has 0 atom stereocenters. The topological polar surface area (TPSA) is 0 Å². The molecule has 0 unspecified atom stereocenters. The lowest BCUT2D eigenvalue weighted by Crippen LogP contribution is -2.30. The fourth-order valence-electron chi connectivity index (χ4n) is 3.83. The summed E-state index contributed by atoms with van der Waals surface area (Å²) in [6.07, 6.45) is 0. The van der Waals surface area contributed by atoms with Crippen LogP contribution in [0.25, 0.3) is 28.1 Å². The molecule has 22 heavy (non-hydrogen) atoms. The largest absolute Gasteiger partial charge is 0.0908 e. The zero-order valence-corrected chi connectivity index (χ0v) is 14.7. The Bertz CT molecular complexity index is 894. The van der Waals surface area contributed by atoms with Crippen LogP contribution in [0, 0.1) is 0 Å². The Hall–Kier alpha value is -1.82. The maximum Gasteiger partial charge on any atom is -0.00299 e. The minimum Gasteiger partial charge on any atom is -0.0908 e. The zero-order chi connectivity index (χ0) is 16.3. The Morgan fingerprint density at radius 2 is 1.18 bits per heavy atom. The van der Waals surface area contributed by atoms with E-state index in [1.807, 2.05) is 0 Å². The third kappa shape index (κ3) is 2.13. The summed E-state index contributed by atoms with van der Waals surface area (Å²) >= 11 is 0. The summed E-state index contributed by atoms with van der Waals surface area (Å²) in [7, 11) is 0. The Morgan fingerprint density at radius 1 is 0.682 bits per heavy atom. The summed E-state index contributed by atoms with van der Waals surface area (Å²) in [6, 6.07) is 13.2. The Labute approximate surface area is 133 Å². The predicted octanol–water partition coefficient (Wildman–Crippen LogP) is 5.72. The highest BCUT2D eigenvalue weighted by atomic mass is 14.3. The molecule has 0 aliphatic carbocycles. The lowest BCUT2D eigenvalue weighted by Gasteiger charge is -2.33. The lowest BCUT2D eigenvalue weighted by molar-refractivity contribution is 0.532. The quantitative estimate of drug-likeness (QED) is 0.497. The van der Waals surface area contributed by atoms with Crippen LogP contribution in [0.4, 0.5) is 0 Å². The molecule has 0 heteroatoms. The van der Waals surface area contributed by atoms with E-state index in [-0.39, 0.29) is 10.8 Å². The van der Waals surface area contributed by atoms with Crippen LogP contribution in [0.5, 0.6) is 0 Å².